The van der Waals surface area contributed by atoms with E-state index < -0.39 is 10.8 Å². The summed E-state index contributed by atoms with van der Waals surface area (Å²) >= 11 is 0. The van der Waals surface area contributed by atoms with Gasteiger partial charge in [-0.05, 0) is 36.4 Å². The van der Waals surface area contributed by atoms with Crippen molar-refractivity contribution in [2.75, 3.05) is 17.2 Å². The summed E-state index contributed by atoms with van der Waals surface area (Å²) in [7, 11) is -1.07. The van der Waals surface area contributed by atoms with Gasteiger partial charge < -0.3 is 4.90 Å². The number of hydrogen-bond acceptors (Lipinski definition) is 2. The van der Waals surface area contributed by atoms with Gasteiger partial charge in [0.05, 0.1) is 21.4 Å². The summed E-state index contributed by atoms with van der Waals surface area (Å²) in [5.74, 6) is -0.153. The van der Waals surface area contributed by atoms with Gasteiger partial charge in [0.25, 0.3) is 5.91 Å². The van der Waals surface area contributed by atoms with E-state index in [4.69, 9.17) is 0 Å². The molecule has 2 aromatic carbocycles. The Bertz CT molecular complexity index is 685. The first kappa shape index (κ1) is 13.0. The second kappa shape index (κ2) is 5.17. The van der Waals surface area contributed by atoms with E-state index in [9.17, 15) is 13.4 Å². The fourth-order valence-corrected chi connectivity index (χ4v) is 3.45. The first-order chi connectivity index (χ1) is 9.66. The van der Waals surface area contributed by atoms with Crippen LogP contribution in [0.4, 0.5) is 10.1 Å². The van der Waals surface area contributed by atoms with Crippen LogP contribution in [0.1, 0.15) is 10.4 Å². The minimum atomic E-state index is -1.07. The molecule has 2 aromatic rings. The molecule has 1 aliphatic heterocycles. The molecule has 20 heavy (non-hydrogen) atoms. The molecule has 102 valence electrons. The van der Waals surface area contributed by atoms with Crippen LogP contribution < -0.4 is 4.90 Å². The van der Waals surface area contributed by atoms with Gasteiger partial charge in [-0.2, -0.15) is 0 Å². The van der Waals surface area contributed by atoms with E-state index in [0.717, 1.165) is 0 Å². The molecule has 1 unspecified atom stereocenters. The van der Waals surface area contributed by atoms with Gasteiger partial charge in [-0.1, -0.05) is 12.1 Å². The van der Waals surface area contributed by atoms with Crippen LogP contribution in [0.2, 0.25) is 0 Å². The first-order valence-electron chi connectivity index (χ1n) is 6.21. The largest absolute Gasteiger partial charge is 0.306 e. The summed E-state index contributed by atoms with van der Waals surface area (Å²) in [6.45, 7) is 0.403. The van der Waals surface area contributed by atoms with Crippen molar-refractivity contribution in [3.63, 3.8) is 0 Å². The van der Waals surface area contributed by atoms with Crippen LogP contribution in [0.5, 0.6) is 0 Å². The second-order valence-electron chi connectivity index (χ2n) is 4.48. The molecule has 0 aromatic heterocycles. The van der Waals surface area contributed by atoms with Crippen molar-refractivity contribution < 1.29 is 13.4 Å². The lowest BCUT2D eigenvalue weighted by Gasteiger charge is -2.28. The molecule has 0 saturated heterocycles. The second-order valence-corrected chi connectivity index (χ2v) is 6.02. The van der Waals surface area contributed by atoms with E-state index in [1.165, 1.54) is 24.3 Å². The zero-order chi connectivity index (χ0) is 14.1. The first-order valence-corrected chi connectivity index (χ1v) is 7.53. The molecule has 0 N–H and O–H groups in total. The van der Waals surface area contributed by atoms with Crippen molar-refractivity contribution in [1.82, 2.24) is 0 Å². The molecule has 1 amide bonds. The molecular formula is C15H12FNO2S. The van der Waals surface area contributed by atoms with Gasteiger partial charge >= 0.3 is 0 Å². The van der Waals surface area contributed by atoms with E-state index in [1.807, 2.05) is 12.1 Å². The molecule has 1 atom stereocenters. The van der Waals surface area contributed by atoms with Crippen molar-refractivity contribution in [3.05, 3.63) is 59.9 Å². The van der Waals surface area contributed by atoms with Crippen LogP contribution in [0.25, 0.3) is 0 Å². The number of benzene rings is 2. The molecule has 0 radical (unpaired) electrons. The molecule has 0 spiro atoms. The van der Waals surface area contributed by atoms with Gasteiger partial charge in [0.15, 0.2) is 0 Å². The Morgan fingerprint density at radius 2 is 1.80 bits per heavy atom. The van der Waals surface area contributed by atoms with Crippen LogP contribution in [0.3, 0.4) is 0 Å². The number of fused-ring (bicyclic) bond motifs is 1. The summed E-state index contributed by atoms with van der Waals surface area (Å²) in [6, 6.07) is 12.6. The number of carbonyl (C=O) groups excluding carboxylic acids is 1. The highest BCUT2D eigenvalue weighted by Gasteiger charge is 2.26. The Labute approximate surface area is 118 Å². The average molecular weight is 289 g/mol. The minimum absolute atomic E-state index is 0.200. The van der Waals surface area contributed by atoms with Crippen LogP contribution in [0, 0.1) is 5.82 Å². The molecule has 0 saturated carbocycles. The molecular weight excluding hydrogens is 277 g/mol. The van der Waals surface area contributed by atoms with E-state index in [0.29, 0.717) is 28.4 Å². The Morgan fingerprint density at radius 3 is 2.55 bits per heavy atom. The lowest BCUT2D eigenvalue weighted by atomic mass is 10.1. The molecule has 0 bridgehead atoms. The van der Waals surface area contributed by atoms with E-state index >= 15 is 0 Å². The Morgan fingerprint density at radius 1 is 1.10 bits per heavy atom. The van der Waals surface area contributed by atoms with Gasteiger partial charge in [-0.25, -0.2) is 4.39 Å². The molecule has 0 fully saturated rings. The smallest absolute Gasteiger partial charge is 0.258 e. The summed E-state index contributed by atoms with van der Waals surface area (Å²) in [4.78, 5) is 14.8. The molecule has 1 heterocycles. The fourth-order valence-electron chi connectivity index (χ4n) is 2.24. The highest BCUT2D eigenvalue weighted by atomic mass is 32.2. The van der Waals surface area contributed by atoms with Crippen LogP contribution >= 0.6 is 0 Å². The van der Waals surface area contributed by atoms with E-state index in [1.54, 1.807) is 17.0 Å². The van der Waals surface area contributed by atoms with Crippen LogP contribution in [-0.2, 0) is 10.8 Å². The Kier molecular flexibility index (Phi) is 3.36. The third-order valence-electron chi connectivity index (χ3n) is 3.24. The zero-order valence-corrected chi connectivity index (χ0v) is 11.4. The molecule has 0 aliphatic carbocycles. The number of anilines is 1. The predicted octanol–water partition coefficient (Wildman–Crippen LogP) is 2.59. The highest BCUT2D eigenvalue weighted by molar-refractivity contribution is 7.85. The predicted molar refractivity (Wildman–Crippen MR) is 75.8 cm³/mol. The van der Waals surface area contributed by atoms with Crippen molar-refractivity contribution in [1.29, 1.82) is 0 Å². The van der Waals surface area contributed by atoms with E-state index in [-0.39, 0.29) is 11.7 Å². The van der Waals surface area contributed by atoms with Gasteiger partial charge in [0.2, 0.25) is 0 Å². The monoisotopic (exact) mass is 289 g/mol. The summed E-state index contributed by atoms with van der Waals surface area (Å²) < 4.78 is 24.9. The maximum atomic E-state index is 12.9. The number of nitrogens with zero attached hydrogens (tertiary/aromatic N) is 1. The van der Waals surface area contributed by atoms with Crippen LogP contribution in [-0.4, -0.2) is 22.4 Å². The quantitative estimate of drug-likeness (QED) is 0.809. The molecule has 3 nitrogen and oxygen atoms in total. The third-order valence-corrected chi connectivity index (χ3v) is 4.63. The van der Waals surface area contributed by atoms with Crippen molar-refractivity contribution >= 4 is 22.4 Å². The Hall–Kier alpha value is -2.01. The third kappa shape index (κ3) is 2.25. The normalized spacial score (nSPS) is 17.6. The lowest BCUT2D eigenvalue weighted by Crippen LogP contribution is -2.38. The van der Waals surface area contributed by atoms with Gasteiger partial charge in [-0.15, -0.1) is 0 Å². The zero-order valence-electron chi connectivity index (χ0n) is 10.6. The van der Waals surface area contributed by atoms with Crippen LogP contribution in [0.15, 0.2) is 53.4 Å². The van der Waals surface area contributed by atoms with Crippen molar-refractivity contribution in [2.45, 2.75) is 4.90 Å². The lowest BCUT2D eigenvalue weighted by molar-refractivity contribution is 0.0987. The molecule has 3 rings (SSSR count). The standard InChI is InChI=1S/C15H12FNO2S/c16-12-7-5-11(6-8-12)15(18)17-9-10-20(19)14-4-2-1-3-13(14)17/h1-8H,9-10H2. The summed E-state index contributed by atoms with van der Waals surface area (Å²) in [6.07, 6.45) is 0. The Balaban J connectivity index is 1.99. The topological polar surface area (TPSA) is 37.4 Å². The van der Waals surface area contributed by atoms with Crippen molar-refractivity contribution in [2.24, 2.45) is 0 Å². The van der Waals surface area contributed by atoms with Gasteiger partial charge in [-0.3, -0.25) is 9.00 Å². The highest BCUT2D eigenvalue weighted by Crippen LogP contribution is 2.29. The number of para-hydroxylation sites is 1. The maximum absolute atomic E-state index is 12.9. The molecule has 5 heteroatoms. The van der Waals surface area contributed by atoms with E-state index in [2.05, 4.69) is 0 Å². The van der Waals surface area contributed by atoms with Gasteiger partial charge in [0, 0.05) is 17.9 Å². The minimum Gasteiger partial charge on any atom is -0.306 e. The summed E-state index contributed by atoms with van der Waals surface area (Å²) in [5.41, 5.74) is 1.10. The average Bonchev–Trinajstić information content (AvgIpc) is 2.48. The summed E-state index contributed by atoms with van der Waals surface area (Å²) in [5, 5.41) is 0. The number of rotatable bonds is 1. The number of halogens is 1. The number of hydrogen-bond donors (Lipinski definition) is 0. The van der Waals surface area contributed by atoms with Crippen molar-refractivity contribution in [3.8, 4) is 0 Å². The molecule has 1 aliphatic rings. The SMILES string of the molecule is O=C(c1ccc(F)cc1)N1CCS(=O)c2ccccc21. The number of amides is 1. The van der Waals surface area contributed by atoms with Gasteiger partial charge in [0.1, 0.15) is 5.82 Å². The fraction of sp³-hybridized carbons (Fsp3) is 0.133. The maximum Gasteiger partial charge on any atom is 0.258 e. The number of carbonyl (C=O) groups is 1.